The first-order chi connectivity index (χ1) is 17.2. The lowest BCUT2D eigenvalue weighted by molar-refractivity contribution is -0.137. The number of aliphatic hydroxyl groups is 1. The van der Waals surface area contributed by atoms with Crippen LogP contribution in [0, 0.1) is 0 Å². The lowest BCUT2D eigenvalue weighted by Crippen LogP contribution is -2.40. The van der Waals surface area contributed by atoms with Crippen molar-refractivity contribution in [2.24, 2.45) is 0 Å². The molecule has 0 spiro atoms. The number of anilines is 1. The third-order valence-electron chi connectivity index (χ3n) is 7.27. The van der Waals surface area contributed by atoms with Crippen LogP contribution in [0.3, 0.4) is 0 Å². The number of benzene rings is 1. The Morgan fingerprint density at radius 2 is 1.81 bits per heavy atom. The van der Waals surface area contributed by atoms with Crippen LogP contribution in [0.25, 0.3) is 17.2 Å². The summed E-state index contributed by atoms with van der Waals surface area (Å²) in [6, 6.07) is 7.10. The molecule has 10 heteroatoms. The fourth-order valence-electron chi connectivity index (χ4n) is 5.04. The molecule has 0 bridgehead atoms. The molecule has 1 aliphatic carbocycles. The van der Waals surface area contributed by atoms with Crippen LogP contribution in [0.5, 0.6) is 0 Å². The van der Waals surface area contributed by atoms with Crippen molar-refractivity contribution in [1.82, 2.24) is 24.4 Å². The fraction of sp³-hybridized carbons (Fsp3) is 0.500. The summed E-state index contributed by atoms with van der Waals surface area (Å²) >= 11 is 0. The molecule has 0 atom stereocenters. The smallest absolute Gasteiger partial charge is 0.383 e. The van der Waals surface area contributed by atoms with E-state index in [4.69, 9.17) is 4.98 Å². The molecule has 2 fully saturated rings. The van der Waals surface area contributed by atoms with Crippen molar-refractivity contribution < 1.29 is 18.3 Å². The van der Waals surface area contributed by atoms with Gasteiger partial charge in [0.05, 0.1) is 11.3 Å². The van der Waals surface area contributed by atoms with E-state index in [0.717, 1.165) is 37.8 Å². The van der Waals surface area contributed by atoms with E-state index in [2.05, 4.69) is 20.2 Å². The van der Waals surface area contributed by atoms with Gasteiger partial charge in [-0.05, 0) is 50.9 Å². The predicted molar refractivity (Wildman–Crippen MR) is 131 cm³/mol. The van der Waals surface area contributed by atoms with Gasteiger partial charge in [0.15, 0.2) is 0 Å². The van der Waals surface area contributed by atoms with Crippen molar-refractivity contribution in [3.05, 3.63) is 54.0 Å². The van der Waals surface area contributed by atoms with Crippen LogP contribution in [0.2, 0.25) is 0 Å². The Bertz CT molecular complexity index is 1200. The Hall–Kier alpha value is -2.98. The summed E-state index contributed by atoms with van der Waals surface area (Å²) in [5, 5.41) is 14.8. The zero-order valence-corrected chi connectivity index (χ0v) is 20.3. The molecule has 3 aromatic rings. The minimum Gasteiger partial charge on any atom is -0.383 e. The quantitative estimate of drug-likeness (QED) is 0.513. The lowest BCUT2D eigenvalue weighted by atomic mass is 9.89. The van der Waals surface area contributed by atoms with Crippen LogP contribution in [0.4, 0.5) is 19.1 Å². The minimum atomic E-state index is -4.48. The average Bonchev–Trinajstić information content (AvgIpc) is 3.33. The van der Waals surface area contributed by atoms with Crippen molar-refractivity contribution in [2.75, 3.05) is 25.5 Å². The molecule has 0 amide bonds. The van der Waals surface area contributed by atoms with E-state index < -0.39 is 17.3 Å². The zero-order chi connectivity index (χ0) is 25.3. The predicted octanol–water partition coefficient (Wildman–Crippen LogP) is 5.01. The summed E-state index contributed by atoms with van der Waals surface area (Å²) in [5.41, 5.74) is -1.18. The number of alkyl halides is 3. The standard InChI is InChI=1S/C26H31F3N6O/c1-34-14-11-25(36,12-15-34)21-17-35(23(32-21)18-6-5-7-19(16-18)26(27,28)29)22-10-13-30-24(33-22)31-20-8-3-2-4-9-20/h5-7,10,13,16-17,20,36H,2-4,8-9,11-12,14-15H2,1H3,(H,30,31,33). The second-order valence-electron chi connectivity index (χ2n) is 9.95. The highest BCUT2D eigenvalue weighted by Gasteiger charge is 2.37. The molecule has 2 aliphatic rings. The number of nitrogens with one attached hydrogen (secondary N) is 1. The largest absolute Gasteiger partial charge is 0.416 e. The topological polar surface area (TPSA) is 79.1 Å². The first-order valence-electron chi connectivity index (χ1n) is 12.5. The maximum Gasteiger partial charge on any atom is 0.416 e. The molecule has 5 rings (SSSR count). The summed E-state index contributed by atoms with van der Waals surface area (Å²) in [4.78, 5) is 15.9. The van der Waals surface area contributed by atoms with Crippen molar-refractivity contribution in [3.8, 4) is 17.2 Å². The number of nitrogens with zero attached hydrogens (tertiary/aromatic N) is 5. The first kappa shape index (κ1) is 24.7. The van der Waals surface area contributed by atoms with Crippen LogP contribution in [-0.2, 0) is 11.8 Å². The summed E-state index contributed by atoms with van der Waals surface area (Å²) in [6.07, 6.45) is 5.50. The molecule has 1 saturated carbocycles. The Labute approximate surface area is 208 Å². The van der Waals surface area contributed by atoms with Crippen molar-refractivity contribution in [1.29, 1.82) is 0 Å². The number of piperidine rings is 1. The van der Waals surface area contributed by atoms with Crippen LogP contribution in [0.1, 0.15) is 56.2 Å². The van der Waals surface area contributed by atoms with E-state index in [1.165, 1.54) is 12.5 Å². The molecule has 1 saturated heterocycles. The number of hydrogen-bond acceptors (Lipinski definition) is 6. The van der Waals surface area contributed by atoms with Crippen molar-refractivity contribution >= 4 is 5.95 Å². The van der Waals surface area contributed by atoms with Gasteiger partial charge in [-0.2, -0.15) is 18.2 Å². The summed E-state index contributed by atoms with van der Waals surface area (Å²) in [5.74, 6) is 1.25. The monoisotopic (exact) mass is 500 g/mol. The van der Waals surface area contributed by atoms with E-state index in [1.807, 2.05) is 7.05 Å². The molecule has 2 aromatic heterocycles. The molecule has 36 heavy (non-hydrogen) atoms. The Balaban J connectivity index is 1.56. The zero-order valence-electron chi connectivity index (χ0n) is 20.3. The average molecular weight is 501 g/mol. The second kappa shape index (κ2) is 9.82. The first-order valence-corrected chi connectivity index (χ1v) is 12.5. The SMILES string of the molecule is CN1CCC(O)(c2cn(-c3ccnc(NC4CCCCC4)n3)c(-c3cccc(C(F)(F)F)c3)n2)CC1. The van der Waals surface area contributed by atoms with Crippen LogP contribution in [0.15, 0.2) is 42.7 Å². The lowest BCUT2D eigenvalue weighted by Gasteiger charge is -2.35. The Kier molecular flexibility index (Phi) is 6.74. The number of halogens is 3. The highest BCUT2D eigenvalue weighted by atomic mass is 19.4. The van der Waals surface area contributed by atoms with Crippen molar-refractivity contribution in [2.45, 2.75) is 62.8 Å². The van der Waals surface area contributed by atoms with E-state index >= 15 is 0 Å². The molecule has 192 valence electrons. The summed E-state index contributed by atoms with van der Waals surface area (Å²) in [7, 11) is 1.99. The van der Waals surface area contributed by atoms with E-state index in [-0.39, 0.29) is 0 Å². The molecular formula is C26H31F3N6O. The van der Waals surface area contributed by atoms with Crippen LogP contribution >= 0.6 is 0 Å². The number of hydrogen-bond donors (Lipinski definition) is 2. The van der Waals surface area contributed by atoms with Gasteiger partial charge < -0.3 is 15.3 Å². The fourth-order valence-corrected chi connectivity index (χ4v) is 5.04. The van der Waals surface area contributed by atoms with Gasteiger partial charge in [-0.15, -0.1) is 0 Å². The maximum atomic E-state index is 13.5. The van der Waals surface area contributed by atoms with Gasteiger partial charge in [0.25, 0.3) is 0 Å². The van der Waals surface area contributed by atoms with E-state index in [9.17, 15) is 18.3 Å². The number of rotatable bonds is 5. The number of imidazole rings is 1. The van der Waals surface area contributed by atoms with Crippen molar-refractivity contribution in [3.63, 3.8) is 0 Å². The van der Waals surface area contributed by atoms with Gasteiger partial charge in [0.1, 0.15) is 17.2 Å². The highest BCUT2D eigenvalue weighted by Crippen LogP contribution is 2.36. The van der Waals surface area contributed by atoms with Gasteiger partial charge in [-0.1, -0.05) is 31.4 Å². The maximum absolute atomic E-state index is 13.5. The number of likely N-dealkylation sites (tertiary alicyclic amines) is 1. The Morgan fingerprint density at radius 3 is 2.53 bits per heavy atom. The minimum absolute atomic E-state index is 0.297. The van der Waals surface area contributed by atoms with E-state index in [1.54, 1.807) is 29.1 Å². The van der Waals surface area contributed by atoms with Gasteiger partial charge in [0.2, 0.25) is 5.95 Å². The molecule has 1 aliphatic heterocycles. The van der Waals surface area contributed by atoms with Gasteiger partial charge in [0, 0.05) is 37.1 Å². The molecule has 2 N–H and O–H groups in total. The normalized spacial score (nSPS) is 19.4. The summed E-state index contributed by atoms with van der Waals surface area (Å²) < 4.78 is 42.1. The third kappa shape index (κ3) is 5.24. The summed E-state index contributed by atoms with van der Waals surface area (Å²) in [6.45, 7) is 1.40. The molecule has 0 unspecified atom stereocenters. The third-order valence-corrected chi connectivity index (χ3v) is 7.27. The van der Waals surface area contributed by atoms with Crippen LogP contribution < -0.4 is 5.32 Å². The van der Waals surface area contributed by atoms with Gasteiger partial charge in [-0.25, -0.2) is 9.97 Å². The van der Waals surface area contributed by atoms with Gasteiger partial charge in [-0.3, -0.25) is 4.57 Å². The molecule has 3 heterocycles. The highest BCUT2D eigenvalue weighted by molar-refractivity contribution is 5.60. The molecule has 1 aromatic carbocycles. The van der Waals surface area contributed by atoms with Crippen LogP contribution in [-0.4, -0.2) is 55.7 Å². The molecular weight excluding hydrogens is 469 g/mol. The Morgan fingerprint density at radius 1 is 1.06 bits per heavy atom. The molecule has 7 nitrogen and oxygen atoms in total. The van der Waals surface area contributed by atoms with E-state index in [0.29, 0.717) is 60.8 Å². The van der Waals surface area contributed by atoms with Gasteiger partial charge >= 0.3 is 6.18 Å². The number of aromatic nitrogens is 4. The second-order valence-corrected chi connectivity index (χ2v) is 9.95. The molecule has 0 radical (unpaired) electrons.